The van der Waals surface area contributed by atoms with Crippen molar-refractivity contribution in [1.82, 2.24) is 5.32 Å². The van der Waals surface area contributed by atoms with Crippen molar-refractivity contribution in [2.24, 2.45) is 0 Å². The van der Waals surface area contributed by atoms with E-state index in [4.69, 9.17) is 11.6 Å². The summed E-state index contributed by atoms with van der Waals surface area (Å²) in [5.74, 6) is 0. The first-order valence-corrected chi connectivity index (χ1v) is 5.61. The molecule has 0 unspecified atom stereocenters. The number of thiophene rings is 1. The maximum absolute atomic E-state index is 14.3. The summed E-state index contributed by atoms with van der Waals surface area (Å²) < 4.78 is 14.3. The first-order valence-electron chi connectivity index (χ1n) is 4.35. The third-order valence-corrected chi connectivity index (χ3v) is 3.94. The SMILES string of the molecule is FC1(c2sccc2Cl)CCNCC1. The lowest BCUT2D eigenvalue weighted by Crippen LogP contribution is -2.36. The van der Waals surface area contributed by atoms with Crippen molar-refractivity contribution in [2.75, 3.05) is 13.1 Å². The van der Waals surface area contributed by atoms with Crippen LogP contribution in [0, 0.1) is 0 Å². The van der Waals surface area contributed by atoms with E-state index in [0.29, 0.717) is 22.7 Å². The van der Waals surface area contributed by atoms with Gasteiger partial charge in [0, 0.05) is 0 Å². The highest BCUT2D eigenvalue weighted by Crippen LogP contribution is 2.41. The van der Waals surface area contributed by atoms with Crippen LogP contribution in [0.1, 0.15) is 17.7 Å². The van der Waals surface area contributed by atoms with E-state index in [9.17, 15) is 4.39 Å². The van der Waals surface area contributed by atoms with Gasteiger partial charge in [-0.3, -0.25) is 0 Å². The van der Waals surface area contributed by atoms with Gasteiger partial charge >= 0.3 is 0 Å². The van der Waals surface area contributed by atoms with Crippen LogP contribution in [-0.2, 0) is 5.67 Å². The molecular weight excluding hydrogens is 209 g/mol. The van der Waals surface area contributed by atoms with Crippen LogP contribution < -0.4 is 5.32 Å². The molecule has 1 aromatic rings. The normalized spacial score (nSPS) is 21.7. The molecule has 13 heavy (non-hydrogen) atoms. The first kappa shape index (κ1) is 9.44. The highest BCUT2D eigenvalue weighted by Gasteiger charge is 2.36. The van der Waals surface area contributed by atoms with Crippen LogP contribution in [0.25, 0.3) is 0 Å². The second kappa shape index (κ2) is 3.56. The van der Waals surface area contributed by atoms with Gasteiger partial charge in [-0.2, -0.15) is 0 Å². The van der Waals surface area contributed by atoms with Crippen LogP contribution in [0.3, 0.4) is 0 Å². The number of halogens is 2. The molecule has 4 heteroatoms. The maximum atomic E-state index is 14.3. The molecular formula is C9H11ClFNS. The summed E-state index contributed by atoms with van der Waals surface area (Å²) in [5.41, 5.74) is -1.18. The predicted molar refractivity (Wildman–Crippen MR) is 54.2 cm³/mol. The summed E-state index contributed by atoms with van der Waals surface area (Å²) >= 11 is 7.33. The van der Waals surface area contributed by atoms with Crippen LogP contribution in [0.15, 0.2) is 11.4 Å². The fraction of sp³-hybridized carbons (Fsp3) is 0.556. The van der Waals surface area contributed by atoms with Crippen molar-refractivity contribution in [1.29, 1.82) is 0 Å². The van der Waals surface area contributed by atoms with Gasteiger partial charge in [0.2, 0.25) is 0 Å². The summed E-state index contributed by atoms with van der Waals surface area (Å²) in [4.78, 5) is 0.704. The topological polar surface area (TPSA) is 12.0 Å². The van der Waals surface area contributed by atoms with Crippen molar-refractivity contribution < 1.29 is 4.39 Å². The Kier molecular flexibility index (Phi) is 2.58. The van der Waals surface area contributed by atoms with Crippen LogP contribution in [0.5, 0.6) is 0 Å². The maximum Gasteiger partial charge on any atom is 0.148 e. The Morgan fingerprint density at radius 3 is 2.69 bits per heavy atom. The van der Waals surface area contributed by atoms with E-state index in [1.165, 1.54) is 11.3 Å². The van der Waals surface area contributed by atoms with Crippen LogP contribution in [0.2, 0.25) is 5.02 Å². The Hall–Kier alpha value is -0.120. The lowest BCUT2D eigenvalue weighted by atomic mass is 9.93. The van der Waals surface area contributed by atoms with Gasteiger partial charge in [0.25, 0.3) is 0 Å². The van der Waals surface area contributed by atoms with Gasteiger partial charge in [-0.25, -0.2) is 4.39 Å². The van der Waals surface area contributed by atoms with Gasteiger partial charge in [-0.1, -0.05) is 11.6 Å². The molecule has 1 N–H and O–H groups in total. The number of rotatable bonds is 1. The third kappa shape index (κ3) is 1.73. The zero-order valence-electron chi connectivity index (χ0n) is 7.15. The molecule has 0 atom stereocenters. The molecule has 0 bridgehead atoms. The van der Waals surface area contributed by atoms with Crippen molar-refractivity contribution in [3.63, 3.8) is 0 Å². The molecule has 2 heterocycles. The minimum atomic E-state index is -1.18. The predicted octanol–water partition coefficient (Wildman–Crippen LogP) is 2.95. The second-order valence-corrected chi connectivity index (χ2v) is 4.64. The molecule has 1 fully saturated rings. The first-order chi connectivity index (χ1) is 6.22. The molecule has 0 aliphatic carbocycles. The standard InChI is InChI=1S/C9H11ClFNS/c10-7-1-6-13-8(7)9(11)2-4-12-5-3-9/h1,6,12H,2-5H2. The Balaban J connectivity index is 2.27. The minimum absolute atomic E-state index is 0.535. The van der Waals surface area contributed by atoms with E-state index in [2.05, 4.69) is 5.32 Å². The van der Waals surface area contributed by atoms with E-state index in [1.807, 2.05) is 5.38 Å². The van der Waals surface area contributed by atoms with Crippen molar-refractivity contribution in [2.45, 2.75) is 18.5 Å². The number of piperidine rings is 1. The smallest absolute Gasteiger partial charge is 0.148 e. The number of nitrogens with one attached hydrogen (secondary N) is 1. The van der Waals surface area contributed by atoms with E-state index >= 15 is 0 Å². The third-order valence-electron chi connectivity index (χ3n) is 2.42. The van der Waals surface area contributed by atoms with E-state index in [1.54, 1.807) is 6.07 Å². The molecule has 0 amide bonds. The second-order valence-electron chi connectivity index (χ2n) is 3.31. The van der Waals surface area contributed by atoms with E-state index in [0.717, 1.165) is 13.1 Å². The highest BCUT2D eigenvalue weighted by molar-refractivity contribution is 7.10. The molecule has 72 valence electrons. The Bertz CT molecular complexity index is 294. The lowest BCUT2D eigenvalue weighted by molar-refractivity contribution is 0.120. The van der Waals surface area contributed by atoms with Gasteiger partial charge in [-0.05, 0) is 37.4 Å². The molecule has 0 aromatic carbocycles. The molecule has 0 saturated carbocycles. The van der Waals surface area contributed by atoms with Crippen LogP contribution in [0.4, 0.5) is 4.39 Å². The molecule has 0 spiro atoms. The van der Waals surface area contributed by atoms with Gasteiger partial charge in [0.05, 0.1) is 9.90 Å². The molecule has 1 aliphatic heterocycles. The summed E-state index contributed by atoms with van der Waals surface area (Å²) in [6.45, 7) is 1.48. The molecule has 1 nitrogen and oxygen atoms in total. The number of hydrogen-bond acceptors (Lipinski definition) is 2. The van der Waals surface area contributed by atoms with Crippen LogP contribution >= 0.6 is 22.9 Å². The quantitative estimate of drug-likeness (QED) is 0.766. The lowest BCUT2D eigenvalue weighted by Gasteiger charge is -2.29. The zero-order valence-corrected chi connectivity index (χ0v) is 8.72. The summed E-state index contributed by atoms with van der Waals surface area (Å²) in [6.07, 6.45) is 1.07. The van der Waals surface area contributed by atoms with Gasteiger partial charge in [-0.15, -0.1) is 11.3 Å². The molecule has 2 rings (SSSR count). The van der Waals surface area contributed by atoms with E-state index in [-0.39, 0.29) is 0 Å². The Labute approximate surface area is 85.9 Å². The van der Waals surface area contributed by atoms with Gasteiger partial charge in [0.15, 0.2) is 0 Å². The zero-order chi connectivity index (χ0) is 9.31. The van der Waals surface area contributed by atoms with Gasteiger partial charge in [0.1, 0.15) is 5.67 Å². The fourth-order valence-electron chi connectivity index (χ4n) is 1.66. The Morgan fingerprint density at radius 2 is 2.15 bits per heavy atom. The average molecular weight is 220 g/mol. The van der Waals surface area contributed by atoms with Crippen LogP contribution in [-0.4, -0.2) is 13.1 Å². The number of alkyl halides is 1. The monoisotopic (exact) mass is 219 g/mol. The Morgan fingerprint density at radius 1 is 1.46 bits per heavy atom. The average Bonchev–Trinajstić information content (AvgIpc) is 2.53. The van der Waals surface area contributed by atoms with Gasteiger partial charge < -0.3 is 5.32 Å². The summed E-state index contributed by atoms with van der Waals surface area (Å²) in [7, 11) is 0. The molecule has 1 aliphatic rings. The summed E-state index contributed by atoms with van der Waals surface area (Å²) in [6, 6.07) is 1.77. The molecule has 1 aromatic heterocycles. The molecule has 0 radical (unpaired) electrons. The van der Waals surface area contributed by atoms with E-state index < -0.39 is 5.67 Å². The number of hydrogen-bond donors (Lipinski definition) is 1. The van der Waals surface area contributed by atoms with Crippen molar-refractivity contribution in [3.8, 4) is 0 Å². The highest BCUT2D eigenvalue weighted by atomic mass is 35.5. The minimum Gasteiger partial charge on any atom is -0.316 e. The fourth-order valence-corrected chi connectivity index (χ4v) is 3.04. The molecule has 1 saturated heterocycles. The van der Waals surface area contributed by atoms with Crippen molar-refractivity contribution in [3.05, 3.63) is 21.3 Å². The largest absolute Gasteiger partial charge is 0.316 e. The van der Waals surface area contributed by atoms with Crippen molar-refractivity contribution >= 4 is 22.9 Å². The summed E-state index contributed by atoms with van der Waals surface area (Å²) in [5, 5.41) is 5.57.